The zero-order chi connectivity index (χ0) is 11.0. The summed E-state index contributed by atoms with van der Waals surface area (Å²) in [5.41, 5.74) is 0.735. The molecule has 0 radical (unpaired) electrons. The van der Waals surface area contributed by atoms with E-state index >= 15 is 0 Å². The van der Waals surface area contributed by atoms with Crippen LogP contribution in [0.15, 0.2) is 11.6 Å². The molecule has 2 heteroatoms. The number of rotatable bonds is 6. The average Bonchev–Trinajstić information content (AvgIpc) is 2.14. The van der Waals surface area contributed by atoms with Crippen molar-refractivity contribution in [2.45, 2.75) is 47.0 Å². The molecule has 0 heterocycles. The molecule has 14 heavy (non-hydrogen) atoms. The Morgan fingerprint density at radius 1 is 1.43 bits per heavy atom. The second-order valence-corrected chi connectivity index (χ2v) is 4.02. The first kappa shape index (κ1) is 13.2. The van der Waals surface area contributed by atoms with Crippen molar-refractivity contribution in [2.75, 3.05) is 6.61 Å². The molecule has 2 nitrogen and oxygen atoms in total. The van der Waals surface area contributed by atoms with Crippen molar-refractivity contribution in [2.24, 2.45) is 5.92 Å². The van der Waals surface area contributed by atoms with Crippen molar-refractivity contribution in [1.82, 2.24) is 0 Å². The number of carbonyl (C=O) groups excluding carboxylic acids is 1. The van der Waals surface area contributed by atoms with E-state index in [0.29, 0.717) is 12.5 Å². The molecule has 82 valence electrons. The van der Waals surface area contributed by atoms with Crippen LogP contribution in [-0.4, -0.2) is 12.6 Å². The molecule has 0 aliphatic rings. The summed E-state index contributed by atoms with van der Waals surface area (Å²) in [6, 6.07) is 0. The number of unbranched alkanes of at least 4 members (excludes halogenated alkanes) is 2. The Morgan fingerprint density at radius 2 is 2.07 bits per heavy atom. The lowest BCUT2D eigenvalue weighted by Gasteiger charge is -2.06. The number of hydrogen-bond donors (Lipinski definition) is 0. The van der Waals surface area contributed by atoms with Gasteiger partial charge in [0, 0.05) is 5.57 Å². The molecule has 0 spiro atoms. The maximum atomic E-state index is 11.4. The lowest BCUT2D eigenvalue weighted by Crippen LogP contribution is -2.10. The summed E-state index contributed by atoms with van der Waals surface area (Å²) >= 11 is 0. The van der Waals surface area contributed by atoms with E-state index in [1.165, 1.54) is 0 Å². The first-order valence-electron chi connectivity index (χ1n) is 5.41. The fourth-order valence-corrected chi connectivity index (χ4v) is 0.962. The summed E-state index contributed by atoms with van der Waals surface area (Å²) in [6.45, 7) is 8.53. The van der Waals surface area contributed by atoms with Crippen LogP contribution < -0.4 is 0 Å². The molecule has 0 amide bonds. The summed E-state index contributed by atoms with van der Waals surface area (Å²) in [5.74, 6) is 0.234. The molecule has 0 bridgehead atoms. The normalized spacial score (nSPS) is 11.9. The molecule has 0 saturated carbocycles. The van der Waals surface area contributed by atoms with Gasteiger partial charge < -0.3 is 4.74 Å². The number of ether oxygens (including phenoxy) is 1. The van der Waals surface area contributed by atoms with Gasteiger partial charge in [-0.25, -0.2) is 4.79 Å². The maximum absolute atomic E-state index is 11.4. The van der Waals surface area contributed by atoms with E-state index in [9.17, 15) is 4.79 Å². The highest BCUT2D eigenvalue weighted by Crippen LogP contribution is 2.04. The van der Waals surface area contributed by atoms with Gasteiger partial charge in [-0.1, -0.05) is 39.7 Å². The van der Waals surface area contributed by atoms with Gasteiger partial charge in [0.25, 0.3) is 0 Å². The third-order valence-corrected chi connectivity index (χ3v) is 1.88. The Kier molecular flexibility index (Phi) is 7.17. The van der Waals surface area contributed by atoms with E-state index < -0.39 is 0 Å². The van der Waals surface area contributed by atoms with Crippen LogP contribution in [0.4, 0.5) is 0 Å². The molecule has 0 N–H and O–H groups in total. The van der Waals surface area contributed by atoms with Gasteiger partial charge in [0.15, 0.2) is 0 Å². The van der Waals surface area contributed by atoms with Crippen molar-refractivity contribution in [3.05, 3.63) is 11.6 Å². The van der Waals surface area contributed by atoms with E-state index in [0.717, 1.165) is 24.8 Å². The van der Waals surface area contributed by atoms with Crippen LogP contribution in [0.1, 0.15) is 47.0 Å². The molecule has 0 unspecified atom stereocenters. The molecule has 0 aromatic heterocycles. The van der Waals surface area contributed by atoms with Gasteiger partial charge in [0.05, 0.1) is 6.61 Å². The minimum Gasteiger partial charge on any atom is -0.462 e. The molecule has 0 fully saturated rings. The molecule has 0 aromatic rings. The van der Waals surface area contributed by atoms with Crippen molar-refractivity contribution >= 4 is 5.97 Å². The summed E-state index contributed by atoms with van der Waals surface area (Å²) < 4.78 is 5.09. The Hall–Kier alpha value is -0.790. The topological polar surface area (TPSA) is 26.3 Å². The van der Waals surface area contributed by atoms with E-state index in [2.05, 4.69) is 6.92 Å². The van der Waals surface area contributed by atoms with Gasteiger partial charge in [-0.2, -0.15) is 0 Å². The van der Waals surface area contributed by atoms with Crippen molar-refractivity contribution < 1.29 is 9.53 Å². The first-order chi connectivity index (χ1) is 6.57. The molecular weight excluding hydrogens is 176 g/mol. The van der Waals surface area contributed by atoms with Crippen LogP contribution in [0, 0.1) is 5.92 Å². The van der Waals surface area contributed by atoms with Gasteiger partial charge in [-0.05, 0) is 19.3 Å². The monoisotopic (exact) mass is 198 g/mol. The van der Waals surface area contributed by atoms with Crippen LogP contribution in [0.5, 0.6) is 0 Å². The fraction of sp³-hybridized carbons (Fsp3) is 0.750. The quantitative estimate of drug-likeness (QED) is 0.372. The SMILES string of the molecule is CCCCC=C(C)C(=O)OCC(C)C. The van der Waals surface area contributed by atoms with Crippen molar-refractivity contribution in [3.63, 3.8) is 0 Å². The molecule has 0 aliphatic heterocycles. The van der Waals surface area contributed by atoms with Gasteiger partial charge in [-0.3, -0.25) is 0 Å². The van der Waals surface area contributed by atoms with Crippen molar-refractivity contribution in [1.29, 1.82) is 0 Å². The first-order valence-corrected chi connectivity index (χ1v) is 5.41. The molecule has 0 aliphatic carbocycles. The highest BCUT2D eigenvalue weighted by Gasteiger charge is 2.05. The number of hydrogen-bond acceptors (Lipinski definition) is 2. The average molecular weight is 198 g/mol. The zero-order valence-electron chi connectivity index (χ0n) is 9.80. The lowest BCUT2D eigenvalue weighted by molar-refractivity contribution is -0.140. The van der Waals surface area contributed by atoms with Crippen LogP contribution in [0.25, 0.3) is 0 Å². The molecular formula is C12H22O2. The second kappa shape index (κ2) is 7.60. The van der Waals surface area contributed by atoms with E-state index in [1.807, 2.05) is 26.8 Å². The lowest BCUT2D eigenvalue weighted by atomic mass is 10.2. The Balaban J connectivity index is 3.80. The molecule has 0 saturated heterocycles. The summed E-state index contributed by atoms with van der Waals surface area (Å²) in [4.78, 5) is 11.4. The van der Waals surface area contributed by atoms with Gasteiger partial charge >= 0.3 is 5.97 Å². The van der Waals surface area contributed by atoms with Crippen LogP contribution >= 0.6 is 0 Å². The zero-order valence-corrected chi connectivity index (χ0v) is 9.80. The summed E-state index contributed by atoms with van der Waals surface area (Å²) in [6.07, 6.45) is 5.23. The molecule has 0 atom stereocenters. The number of carbonyl (C=O) groups is 1. The largest absolute Gasteiger partial charge is 0.462 e. The minimum absolute atomic E-state index is 0.171. The molecule has 0 rings (SSSR count). The van der Waals surface area contributed by atoms with Gasteiger partial charge in [0.1, 0.15) is 0 Å². The summed E-state index contributed by atoms with van der Waals surface area (Å²) in [7, 11) is 0. The van der Waals surface area contributed by atoms with E-state index in [4.69, 9.17) is 4.74 Å². The standard InChI is InChI=1S/C12H22O2/c1-5-6-7-8-11(4)12(13)14-9-10(2)3/h8,10H,5-7,9H2,1-4H3. The van der Waals surface area contributed by atoms with Crippen LogP contribution in [0.2, 0.25) is 0 Å². The Labute approximate surface area is 87.3 Å². The Morgan fingerprint density at radius 3 is 2.57 bits per heavy atom. The third-order valence-electron chi connectivity index (χ3n) is 1.88. The predicted molar refractivity (Wildman–Crippen MR) is 59.1 cm³/mol. The third kappa shape index (κ3) is 6.70. The fourth-order valence-electron chi connectivity index (χ4n) is 0.962. The van der Waals surface area contributed by atoms with Crippen LogP contribution in [-0.2, 0) is 9.53 Å². The highest BCUT2D eigenvalue weighted by molar-refractivity contribution is 5.87. The Bertz CT molecular complexity index is 192. The number of esters is 1. The van der Waals surface area contributed by atoms with Gasteiger partial charge in [-0.15, -0.1) is 0 Å². The number of allylic oxidation sites excluding steroid dienone is 1. The smallest absolute Gasteiger partial charge is 0.333 e. The maximum Gasteiger partial charge on any atom is 0.333 e. The molecule has 0 aromatic carbocycles. The van der Waals surface area contributed by atoms with E-state index in [-0.39, 0.29) is 5.97 Å². The van der Waals surface area contributed by atoms with Crippen molar-refractivity contribution in [3.8, 4) is 0 Å². The highest BCUT2D eigenvalue weighted by atomic mass is 16.5. The summed E-state index contributed by atoms with van der Waals surface area (Å²) in [5, 5.41) is 0. The minimum atomic E-state index is -0.171. The van der Waals surface area contributed by atoms with Crippen LogP contribution in [0.3, 0.4) is 0 Å². The van der Waals surface area contributed by atoms with Gasteiger partial charge in [0.2, 0.25) is 0 Å². The van der Waals surface area contributed by atoms with E-state index in [1.54, 1.807) is 0 Å². The predicted octanol–water partition coefficient (Wildman–Crippen LogP) is 3.32. The second-order valence-electron chi connectivity index (χ2n) is 4.02.